The Morgan fingerprint density at radius 3 is 2.59 bits per heavy atom. The Kier molecular flexibility index (Phi) is 4.87. The summed E-state index contributed by atoms with van der Waals surface area (Å²) >= 11 is 0. The van der Waals surface area contributed by atoms with Crippen molar-refractivity contribution < 1.29 is 21.6 Å². The second kappa shape index (κ2) is 7.23. The predicted octanol–water partition coefficient (Wildman–Crippen LogP) is 2.45. The van der Waals surface area contributed by atoms with Crippen molar-refractivity contribution in [2.24, 2.45) is 0 Å². The molecule has 4 rings (SSSR count). The molecule has 2 aromatic carbocycles. The minimum absolute atomic E-state index is 0.0525. The molecule has 0 bridgehead atoms. The highest BCUT2D eigenvalue weighted by atomic mass is 32.2. The third kappa shape index (κ3) is 3.88. The average Bonchev–Trinajstić information content (AvgIpc) is 3.09. The van der Waals surface area contributed by atoms with Crippen LogP contribution in [0.4, 0.5) is 5.69 Å². The molecule has 3 aromatic rings. The molecule has 0 spiro atoms. The molecule has 1 unspecified atom stereocenters. The van der Waals surface area contributed by atoms with Crippen molar-refractivity contribution in [1.82, 2.24) is 4.98 Å². The van der Waals surface area contributed by atoms with Gasteiger partial charge in [-0.2, -0.15) is 0 Å². The number of pyridine rings is 1. The molecule has 29 heavy (non-hydrogen) atoms. The Morgan fingerprint density at radius 1 is 1.07 bits per heavy atom. The second-order valence-corrected chi connectivity index (χ2v) is 11.4. The van der Waals surface area contributed by atoms with E-state index in [0.29, 0.717) is 11.2 Å². The smallest absolute Gasteiger partial charge is 0.255 e. The van der Waals surface area contributed by atoms with Crippen LogP contribution in [-0.4, -0.2) is 44.5 Å². The van der Waals surface area contributed by atoms with E-state index in [4.69, 9.17) is 0 Å². The topological polar surface area (TPSA) is 110 Å². The number of carbonyl (C=O) groups excluding carboxylic acids is 1. The number of fused-ring (bicyclic) bond motifs is 1. The summed E-state index contributed by atoms with van der Waals surface area (Å²) in [7, 11) is -7.18. The van der Waals surface area contributed by atoms with E-state index < -0.39 is 30.8 Å². The Labute approximate surface area is 168 Å². The Balaban J connectivity index is 1.62. The van der Waals surface area contributed by atoms with E-state index in [2.05, 4.69) is 10.3 Å². The monoisotopic (exact) mass is 430 g/mol. The fraction of sp³-hybridized carbons (Fsp3) is 0.200. The molecule has 1 amide bonds. The molecule has 1 aliphatic heterocycles. The van der Waals surface area contributed by atoms with E-state index in [1.165, 1.54) is 24.3 Å². The molecule has 0 saturated carbocycles. The van der Waals surface area contributed by atoms with Gasteiger partial charge in [0.25, 0.3) is 5.91 Å². The van der Waals surface area contributed by atoms with Crippen LogP contribution in [0, 0.1) is 0 Å². The molecule has 1 saturated heterocycles. The van der Waals surface area contributed by atoms with Crippen LogP contribution in [0.3, 0.4) is 0 Å². The van der Waals surface area contributed by atoms with Crippen molar-refractivity contribution in [2.45, 2.75) is 16.6 Å². The number of nitrogens with one attached hydrogen (secondary N) is 1. The summed E-state index contributed by atoms with van der Waals surface area (Å²) in [5.74, 6) is -0.988. The zero-order valence-corrected chi connectivity index (χ0v) is 16.9. The van der Waals surface area contributed by atoms with E-state index in [0.717, 1.165) is 5.39 Å². The van der Waals surface area contributed by atoms with Gasteiger partial charge in [-0.25, -0.2) is 16.8 Å². The number of benzene rings is 2. The van der Waals surface area contributed by atoms with Crippen LogP contribution < -0.4 is 5.32 Å². The molecule has 150 valence electrons. The minimum Gasteiger partial charge on any atom is -0.320 e. The molecule has 9 heteroatoms. The maximum absolute atomic E-state index is 12.8. The zero-order chi connectivity index (χ0) is 20.6. The summed E-state index contributed by atoms with van der Waals surface area (Å²) in [6.45, 7) is 0. The van der Waals surface area contributed by atoms with Gasteiger partial charge in [0, 0.05) is 17.1 Å². The fourth-order valence-electron chi connectivity index (χ4n) is 3.41. The van der Waals surface area contributed by atoms with Crippen LogP contribution in [-0.2, 0) is 19.7 Å². The first-order valence-electron chi connectivity index (χ1n) is 8.96. The van der Waals surface area contributed by atoms with Crippen LogP contribution in [0.5, 0.6) is 0 Å². The summed E-state index contributed by atoms with van der Waals surface area (Å²) in [6.07, 6.45) is 1.70. The third-order valence-corrected chi connectivity index (χ3v) is 9.11. The van der Waals surface area contributed by atoms with E-state index in [1.54, 1.807) is 24.4 Å². The maximum Gasteiger partial charge on any atom is 0.255 e. The van der Waals surface area contributed by atoms with Gasteiger partial charge in [-0.05, 0) is 36.8 Å². The standard InChI is InChI=1S/C20H18N2O5S2/c23-20(22-18-8-2-4-14-6-3-10-21-19(14)18)15-5-1-7-16(12-15)29(26,27)17-9-11-28(24,25)13-17/h1-8,10,12,17H,9,11,13H2,(H,22,23). The normalized spacial score (nSPS) is 18.6. The average molecular weight is 431 g/mol. The Hall–Kier alpha value is -2.78. The maximum atomic E-state index is 12.8. The van der Waals surface area contributed by atoms with Crippen LogP contribution >= 0.6 is 0 Å². The molecule has 0 aliphatic carbocycles. The Bertz CT molecular complexity index is 1310. The highest BCUT2D eigenvalue weighted by Crippen LogP contribution is 2.26. The number of hydrogen-bond acceptors (Lipinski definition) is 6. The molecule has 1 fully saturated rings. The first-order chi connectivity index (χ1) is 13.8. The number of hydrogen-bond donors (Lipinski definition) is 1. The lowest BCUT2D eigenvalue weighted by molar-refractivity contribution is 0.102. The number of rotatable bonds is 4. The number of amides is 1. The lowest BCUT2D eigenvalue weighted by Crippen LogP contribution is -2.23. The summed E-state index contributed by atoms with van der Waals surface area (Å²) in [5, 5.41) is 2.66. The number of para-hydroxylation sites is 1. The number of aromatic nitrogens is 1. The SMILES string of the molecule is O=C(Nc1cccc2cccnc12)c1cccc(S(=O)(=O)C2CCS(=O)(=O)C2)c1. The van der Waals surface area contributed by atoms with E-state index in [9.17, 15) is 21.6 Å². The molecule has 1 atom stereocenters. The van der Waals surface area contributed by atoms with Gasteiger partial charge in [-0.15, -0.1) is 0 Å². The van der Waals surface area contributed by atoms with Crippen LogP contribution in [0.2, 0.25) is 0 Å². The highest BCUT2D eigenvalue weighted by molar-refractivity contribution is 7.96. The Morgan fingerprint density at radius 2 is 1.83 bits per heavy atom. The summed E-state index contributed by atoms with van der Waals surface area (Å²) in [4.78, 5) is 17.0. The van der Waals surface area contributed by atoms with Crippen molar-refractivity contribution in [1.29, 1.82) is 0 Å². The summed E-state index contributed by atoms with van der Waals surface area (Å²) in [6, 6.07) is 14.7. The van der Waals surface area contributed by atoms with Crippen molar-refractivity contribution in [3.05, 3.63) is 66.4 Å². The number of nitrogens with zero attached hydrogens (tertiary/aromatic N) is 1. The minimum atomic E-state index is -3.84. The summed E-state index contributed by atoms with van der Waals surface area (Å²) < 4.78 is 49.0. The van der Waals surface area contributed by atoms with Gasteiger partial charge in [0.2, 0.25) is 0 Å². The van der Waals surface area contributed by atoms with Crippen LogP contribution in [0.15, 0.2) is 65.7 Å². The van der Waals surface area contributed by atoms with E-state index in [1.807, 2.05) is 12.1 Å². The molecule has 1 aromatic heterocycles. The van der Waals surface area contributed by atoms with Crippen molar-refractivity contribution >= 4 is 42.2 Å². The van der Waals surface area contributed by atoms with Gasteiger partial charge >= 0.3 is 0 Å². The first-order valence-corrected chi connectivity index (χ1v) is 12.3. The quantitative estimate of drug-likeness (QED) is 0.681. The number of sulfone groups is 2. The lowest BCUT2D eigenvalue weighted by Gasteiger charge is -2.12. The van der Waals surface area contributed by atoms with Gasteiger partial charge in [0.05, 0.1) is 32.9 Å². The highest BCUT2D eigenvalue weighted by Gasteiger charge is 2.38. The first kappa shape index (κ1) is 19.5. The van der Waals surface area contributed by atoms with Gasteiger partial charge in [0.1, 0.15) is 0 Å². The predicted molar refractivity (Wildman–Crippen MR) is 110 cm³/mol. The lowest BCUT2D eigenvalue weighted by atomic mass is 10.1. The van der Waals surface area contributed by atoms with E-state index >= 15 is 0 Å². The third-order valence-electron chi connectivity index (χ3n) is 4.94. The second-order valence-electron chi connectivity index (χ2n) is 6.93. The molecule has 1 N–H and O–H groups in total. The molecule has 2 heterocycles. The number of anilines is 1. The van der Waals surface area contributed by atoms with Crippen LogP contribution in [0.1, 0.15) is 16.8 Å². The largest absolute Gasteiger partial charge is 0.320 e. The molecule has 7 nitrogen and oxygen atoms in total. The number of carbonyl (C=O) groups is 1. The van der Waals surface area contributed by atoms with Gasteiger partial charge < -0.3 is 5.32 Å². The zero-order valence-electron chi connectivity index (χ0n) is 15.3. The molecule has 0 radical (unpaired) electrons. The van der Waals surface area contributed by atoms with Crippen molar-refractivity contribution in [3.63, 3.8) is 0 Å². The molecule has 1 aliphatic rings. The van der Waals surface area contributed by atoms with Gasteiger partial charge in [-0.1, -0.05) is 24.3 Å². The van der Waals surface area contributed by atoms with Gasteiger partial charge in [-0.3, -0.25) is 9.78 Å². The van der Waals surface area contributed by atoms with Gasteiger partial charge in [0.15, 0.2) is 19.7 Å². The fourth-order valence-corrected chi connectivity index (χ4v) is 7.82. The van der Waals surface area contributed by atoms with Crippen molar-refractivity contribution in [2.75, 3.05) is 16.8 Å². The van der Waals surface area contributed by atoms with Crippen LogP contribution in [0.25, 0.3) is 10.9 Å². The molecular formula is C20H18N2O5S2. The summed E-state index contributed by atoms with van der Waals surface area (Å²) in [5.41, 5.74) is 1.31. The molecular weight excluding hydrogens is 412 g/mol. The van der Waals surface area contributed by atoms with Crippen molar-refractivity contribution in [3.8, 4) is 0 Å². The van der Waals surface area contributed by atoms with E-state index in [-0.39, 0.29) is 28.4 Å².